The lowest BCUT2D eigenvalue weighted by atomic mass is 10.0. The Morgan fingerprint density at radius 3 is 2.32 bits per heavy atom. The zero-order valence-corrected chi connectivity index (χ0v) is 17.6. The Morgan fingerprint density at radius 2 is 1.75 bits per heavy atom. The second kappa shape index (κ2) is 9.59. The molecule has 0 aliphatic heterocycles. The number of nitrogens with one attached hydrogen (secondary N) is 1. The van der Waals surface area contributed by atoms with E-state index in [9.17, 15) is 13.2 Å². The van der Waals surface area contributed by atoms with Crippen LogP contribution in [0.5, 0.6) is 5.75 Å². The van der Waals surface area contributed by atoms with E-state index < -0.39 is 15.9 Å². The van der Waals surface area contributed by atoms with Crippen molar-refractivity contribution in [3.05, 3.63) is 54.1 Å². The molecule has 2 aromatic carbocycles. The highest BCUT2D eigenvalue weighted by molar-refractivity contribution is 7.92. The van der Waals surface area contributed by atoms with Gasteiger partial charge in [-0.25, -0.2) is 8.42 Å². The van der Waals surface area contributed by atoms with Crippen molar-refractivity contribution in [2.24, 2.45) is 0 Å². The van der Waals surface area contributed by atoms with Gasteiger partial charge in [0.15, 0.2) is 0 Å². The predicted octanol–water partition coefficient (Wildman–Crippen LogP) is 4.00. The molecule has 28 heavy (non-hydrogen) atoms. The fourth-order valence-corrected chi connectivity index (χ4v) is 3.62. The molecule has 0 aromatic heterocycles. The van der Waals surface area contributed by atoms with Crippen molar-refractivity contribution in [3.8, 4) is 5.75 Å². The largest absolute Gasteiger partial charge is 0.494 e. The van der Waals surface area contributed by atoms with Crippen molar-refractivity contribution < 1.29 is 17.9 Å². The number of carbonyl (C=O) groups is 1. The highest BCUT2D eigenvalue weighted by Crippen LogP contribution is 2.25. The van der Waals surface area contributed by atoms with Crippen LogP contribution in [0.1, 0.15) is 38.7 Å². The van der Waals surface area contributed by atoms with Gasteiger partial charge in [-0.3, -0.25) is 9.10 Å². The summed E-state index contributed by atoms with van der Waals surface area (Å²) in [5.74, 6) is 0.498. The summed E-state index contributed by atoms with van der Waals surface area (Å²) in [6.07, 6.45) is 1.97. The molecule has 0 aliphatic rings. The molecule has 1 amide bonds. The summed E-state index contributed by atoms with van der Waals surface area (Å²) in [7, 11) is -3.63. The van der Waals surface area contributed by atoms with Crippen molar-refractivity contribution in [1.29, 1.82) is 0 Å². The van der Waals surface area contributed by atoms with E-state index in [-0.39, 0.29) is 12.5 Å². The number of benzene rings is 2. The summed E-state index contributed by atoms with van der Waals surface area (Å²) in [5.41, 5.74) is 2.11. The minimum absolute atomic E-state index is 0.234. The minimum atomic E-state index is -3.63. The van der Waals surface area contributed by atoms with Crippen molar-refractivity contribution in [1.82, 2.24) is 0 Å². The van der Waals surface area contributed by atoms with Gasteiger partial charge in [0.1, 0.15) is 12.3 Å². The van der Waals surface area contributed by atoms with E-state index in [4.69, 9.17) is 4.74 Å². The molecular formula is C21H28N2O4S. The molecule has 0 heterocycles. The summed E-state index contributed by atoms with van der Waals surface area (Å²) in [5, 5.41) is 2.83. The molecule has 1 N–H and O–H groups in total. The van der Waals surface area contributed by atoms with Crippen LogP contribution >= 0.6 is 0 Å². The number of sulfonamides is 1. The summed E-state index contributed by atoms with van der Waals surface area (Å²) in [6.45, 7) is 6.37. The third-order valence-electron chi connectivity index (χ3n) is 4.14. The number of anilines is 2. The Kier molecular flexibility index (Phi) is 7.45. The van der Waals surface area contributed by atoms with Crippen LogP contribution in [0.25, 0.3) is 0 Å². The first-order valence-corrected chi connectivity index (χ1v) is 11.2. The zero-order valence-electron chi connectivity index (χ0n) is 16.8. The number of amides is 1. The molecule has 7 heteroatoms. The fourth-order valence-electron chi connectivity index (χ4n) is 2.76. The minimum Gasteiger partial charge on any atom is -0.494 e. The second-order valence-corrected chi connectivity index (χ2v) is 8.81. The van der Waals surface area contributed by atoms with Crippen LogP contribution in [-0.2, 0) is 14.8 Å². The molecule has 0 radical (unpaired) electrons. The average molecular weight is 405 g/mol. The highest BCUT2D eigenvalue weighted by Gasteiger charge is 2.21. The maximum atomic E-state index is 12.6. The van der Waals surface area contributed by atoms with E-state index in [2.05, 4.69) is 5.32 Å². The number of para-hydroxylation sites is 1. The van der Waals surface area contributed by atoms with Crippen LogP contribution < -0.4 is 14.4 Å². The van der Waals surface area contributed by atoms with E-state index in [0.29, 0.717) is 23.7 Å². The van der Waals surface area contributed by atoms with Crippen LogP contribution in [-0.4, -0.2) is 33.7 Å². The first kappa shape index (κ1) is 21.8. The molecule has 6 nitrogen and oxygen atoms in total. The van der Waals surface area contributed by atoms with Crippen LogP contribution in [0.3, 0.4) is 0 Å². The van der Waals surface area contributed by atoms with E-state index in [1.54, 1.807) is 24.3 Å². The van der Waals surface area contributed by atoms with Gasteiger partial charge in [-0.1, -0.05) is 39.0 Å². The Balaban J connectivity index is 2.18. The van der Waals surface area contributed by atoms with Crippen LogP contribution in [0.15, 0.2) is 48.5 Å². The van der Waals surface area contributed by atoms with Crippen molar-refractivity contribution in [2.45, 2.75) is 33.1 Å². The Labute approximate surface area is 167 Å². The number of ether oxygens (including phenoxy) is 1. The molecule has 0 saturated carbocycles. The van der Waals surface area contributed by atoms with Crippen LogP contribution in [0.2, 0.25) is 0 Å². The van der Waals surface area contributed by atoms with E-state index in [1.807, 2.05) is 45.0 Å². The summed E-state index contributed by atoms with van der Waals surface area (Å²) in [4.78, 5) is 12.6. The maximum Gasteiger partial charge on any atom is 0.245 e. The fraction of sp³-hybridized carbons (Fsp3) is 0.381. The van der Waals surface area contributed by atoms with Gasteiger partial charge in [0, 0.05) is 5.69 Å². The number of hydrogen-bond donors (Lipinski definition) is 1. The molecule has 0 atom stereocenters. The SMILES string of the molecule is CCCOc1ccc(N(CC(=O)Nc2ccccc2C(C)C)S(C)(=O)=O)cc1. The Hall–Kier alpha value is -2.54. The number of hydrogen-bond acceptors (Lipinski definition) is 4. The normalized spacial score (nSPS) is 11.3. The van der Waals surface area contributed by atoms with Gasteiger partial charge in [-0.05, 0) is 48.2 Å². The first-order valence-electron chi connectivity index (χ1n) is 9.31. The standard InChI is InChI=1S/C21H28N2O4S/c1-5-14-27-18-12-10-17(11-13-18)23(28(4,25)26)15-21(24)22-20-9-7-6-8-19(20)16(2)3/h6-13,16H,5,14-15H2,1-4H3,(H,22,24). The average Bonchev–Trinajstić information content (AvgIpc) is 2.64. The molecule has 0 unspecified atom stereocenters. The van der Waals surface area contributed by atoms with Crippen molar-refractivity contribution in [2.75, 3.05) is 29.0 Å². The molecule has 0 fully saturated rings. The molecule has 2 aromatic rings. The van der Waals surface area contributed by atoms with Crippen LogP contribution in [0.4, 0.5) is 11.4 Å². The van der Waals surface area contributed by atoms with Crippen LogP contribution in [0, 0.1) is 0 Å². The third-order valence-corrected chi connectivity index (χ3v) is 5.28. The van der Waals surface area contributed by atoms with Crippen molar-refractivity contribution in [3.63, 3.8) is 0 Å². The molecule has 152 valence electrons. The van der Waals surface area contributed by atoms with Gasteiger partial charge < -0.3 is 10.1 Å². The van der Waals surface area contributed by atoms with Gasteiger partial charge in [0.05, 0.1) is 18.6 Å². The lowest BCUT2D eigenvalue weighted by molar-refractivity contribution is -0.114. The lowest BCUT2D eigenvalue weighted by Gasteiger charge is -2.23. The first-order chi connectivity index (χ1) is 13.2. The Morgan fingerprint density at radius 1 is 1.11 bits per heavy atom. The third kappa shape index (κ3) is 5.99. The van der Waals surface area contributed by atoms with Crippen molar-refractivity contribution >= 4 is 27.3 Å². The summed E-state index contributed by atoms with van der Waals surface area (Å²) < 4.78 is 31.1. The molecule has 0 saturated heterocycles. The highest BCUT2D eigenvalue weighted by atomic mass is 32.2. The summed E-state index contributed by atoms with van der Waals surface area (Å²) in [6, 6.07) is 14.2. The number of nitrogens with zero attached hydrogens (tertiary/aromatic N) is 1. The summed E-state index contributed by atoms with van der Waals surface area (Å²) >= 11 is 0. The zero-order chi connectivity index (χ0) is 20.7. The lowest BCUT2D eigenvalue weighted by Crippen LogP contribution is -2.37. The van der Waals surface area contributed by atoms with Gasteiger partial charge in [0.2, 0.25) is 15.9 Å². The van der Waals surface area contributed by atoms with Gasteiger partial charge in [-0.2, -0.15) is 0 Å². The van der Waals surface area contributed by atoms with E-state index in [0.717, 1.165) is 22.5 Å². The molecule has 0 bridgehead atoms. The van der Waals surface area contributed by atoms with Gasteiger partial charge in [0.25, 0.3) is 0 Å². The van der Waals surface area contributed by atoms with Gasteiger partial charge in [-0.15, -0.1) is 0 Å². The number of carbonyl (C=O) groups excluding carboxylic acids is 1. The quantitative estimate of drug-likeness (QED) is 0.685. The second-order valence-electron chi connectivity index (χ2n) is 6.90. The molecular weight excluding hydrogens is 376 g/mol. The number of rotatable bonds is 9. The molecule has 0 aliphatic carbocycles. The van der Waals surface area contributed by atoms with Gasteiger partial charge >= 0.3 is 0 Å². The molecule has 0 spiro atoms. The maximum absolute atomic E-state index is 12.6. The molecule has 2 rings (SSSR count). The van der Waals surface area contributed by atoms with E-state index >= 15 is 0 Å². The van der Waals surface area contributed by atoms with E-state index in [1.165, 1.54) is 0 Å². The topological polar surface area (TPSA) is 75.7 Å². The smallest absolute Gasteiger partial charge is 0.245 e. The predicted molar refractivity (Wildman–Crippen MR) is 114 cm³/mol. The monoisotopic (exact) mass is 404 g/mol. The Bertz CT molecular complexity index is 893.